The molecule has 0 spiro atoms. The molecular formula is C14H20N2O4S. The van der Waals surface area contributed by atoms with Crippen molar-refractivity contribution in [1.82, 2.24) is 9.88 Å². The third-order valence-electron chi connectivity index (χ3n) is 3.29. The Balaban J connectivity index is 1.97. The van der Waals surface area contributed by atoms with Crippen LogP contribution in [0, 0.1) is 5.92 Å². The number of carbonyl (C=O) groups excluding carboxylic acids is 2. The molecule has 116 valence electrons. The Hall–Kier alpha value is -1.47. The molecule has 0 atom stereocenters. The lowest BCUT2D eigenvalue weighted by Crippen LogP contribution is -2.33. The molecule has 0 radical (unpaired) electrons. The molecule has 0 saturated heterocycles. The van der Waals surface area contributed by atoms with Crippen molar-refractivity contribution in [3.63, 3.8) is 0 Å². The van der Waals surface area contributed by atoms with Gasteiger partial charge in [-0.05, 0) is 19.3 Å². The van der Waals surface area contributed by atoms with E-state index in [1.165, 1.54) is 18.4 Å². The van der Waals surface area contributed by atoms with Gasteiger partial charge in [0.25, 0.3) is 0 Å². The summed E-state index contributed by atoms with van der Waals surface area (Å²) in [4.78, 5) is 29.7. The van der Waals surface area contributed by atoms with E-state index in [1.54, 1.807) is 12.5 Å². The summed E-state index contributed by atoms with van der Waals surface area (Å²) in [5.74, 6) is -0.0922. The van der Waals surface area contributed by atoms with Gasteiger partial charge in [0.15, 0.2) is 5.69 Å². The summed E-state index contributed by atoms with van der Waals surface area (Å²) in [6.07, 6.45) is 2.75. The van der Waals surface area contributed by atoms with Crippen molar-refractivity contribution >= 4 is 23.2 Å². The van der Waals surface area contributed by atoms with Gasteiger partial charge < -0.3 is 14.4 Å². The minimum Gasteiger partial charge on any atom is -0.464 e. The Morgan fingerprint density at radius 2 is 2.19 bits per heavy atom. The molecule has 1 amide bonds. The number of hydrogen-bond donors (Lipinski definition) is 0. The zero-order valence-corrected chi connectivity index (χ0v) is 13.1. The third kappa shape index (κ3) is 4.50. The summed E-state index contributed by atoms with van der Waals surface area (Å²) in [7, 11) is 2.98. The zero-order valence-electron chi connectivity index (χ0n) is 12.3. The maximum atomic E-state index is 12.3. The van der Waals surface area contributed by atoms with Gasteiger partial charge in [-0.3, -0.25) is 4.79 Å². The molecule has 0 unspecified atom stereocenters. The number of hydrogen-bond acceptors (Lipinski definition) is 6. The summed E-state index contributed by atoms with van der Waals surface area (Å²) in [5, 5.41) is 2.41. The van der Waals surface area contributed by atoms with Gasteiger partial charge in [0, 0.05) is 31.6 Å². The second-order valence-electron chi connectivity index (χ2n) is 5.00. The molecule has 2 rings (SSSR count). The van der Waals surface area contributed by atoms with E-state index in [4.69, 9.17) is 4.74 Å². The Labute approximate surface area is 128 Å². The van der Waals surface area contributed by atoms with Crippen molar-refractivity contribution in [3.8, 4) is 0 Å². The number of rotatable bonds is 8. The van der Waals surface area contributed by atoms with E-state index in [-0.39, 0.29) is 11.8 Å². The topological polar surface area (TPSA) is 68.7 Å². The van der Waals surface area contributed by atoms with Gasteiger partial charge in [-0.2, -0.15) is 0 Å². The van der Waals surface area contributed by atoms with Crippen LogP contribution >= 0.6 is 11.3 Å². The van der Waals surface area contributed by atoms with Crippen LogP contribution in [0.3, 0.4) is 0 Å². The van der Waals surface area contributed by atoms with Crippen molar-refractivity contribution in [2.45, 2.75) is 25.8 Å². The Kier molecular flexibility index (Phi) is 5.69. The summed E-state index contributed by atoms with van der Waals surface area (Å²) >= 11 is 1.37. The second kappa shape index (κ2) is 7.51. The molecule has 1 heterocycles. The van der Waals surface area contributed by atoms with Crippen molar-refractivity contribution in [2.24, 2.45) is 5.92 Å². The van der Waals surface area contributed by atoms with Crippen LogP contribution in [0.25, 0.3) is 0 Å². The van der Waals surface area contributed by atoms with Crippen molar-refractivity contribution in [1.29, 1.82) is 0 Å². The van der Waals surface area contributed by atoms with Gasteiger partial charge in [-0.15, -0.1) is 11.3 Å². The largest absolute Gasteiger partial charge is 0.464 e. The summed E-state index contributed by atoms with van der Waals surface area (Å²) in [6.45, 7) is 1.72. The minimum atomic E-state index is -0.447. The van der Waals surface area contributed by atoms with Gasteiger partial charge in [0.1, 0.15) is 5.01 Å². The molecule has 1 saturated carbocycles. The van der Waals surface area contributed by atoms with E-state index in [9.17, 15) is 9.59 Å². The average molecular weight is 312 g/mol. The van der Waals surface area contributed by atoms with E-state index in [0.29, 0.717) is 25.4 Å². The lowest BCUT2D eigenvalue weighted by molar-refractivity contribution is -0.133. The maximum absolute atomic E-state index is 12.3. The van der Waals surface area contributed by atoms with Gasteiger partial charge in [0.2, 0.25) is 5.91 Å². The summed E-state index contributed by atoms with van der Waals surface area (Å²) < 4.78 is 9.67. The molecule has 1 aliphatic carbocycles. The van der Waals surface area contributed by atoms with Crippen LogP contribution < -0.4 is 0 Å². The molecular weight excluding hydrogens is 292 g/mol. The third-order valence-corrected chi connectivity index (χ3v) is 4.12. The highest BCUT2D eigenvalue weighted by Crippen LogP contribution is 2.31. The molecule has 0 aromatic carbocycles. The first-order valence-electron chi connectivity index (χ1n) is 6.96. The number of amides is 1. The molecule has 0 bridgehead atoms. The van der Waals surface area contributed by atoms with Gasteiger partial charge in [0.05, 0.1) is 13.7 Å². The van der Waals surface area contributed by atoms with Crippen LogP contribution in [0.5, 0.6) is 0 Å². The van der Waals surface area contributed by atoms with E-state index >= 15 is 0 Å². The van der Waals surface area contributed by atoms with Crippen LogP contribution in [0.15, 0.2) is 5.38 Å². The fourth-order valence-corrected chi connectivity index (χ4v) is 2.78. The fourth-order valence-electron chi connectivity index (χ4n) is 2.00. The second-order valence-corrected chi connectivity index (χ2v) is 5.94. The van der Waals surface area contributed by atoms with Crippen LogP contribution in [0.2, 0.25) is 0 Å². The van der Waals surface area contributed by atoms with Crippen LogP contribution in [0.4, 0.5) is 0 Å². The highest BCUT2D eigenvalue weighted by Gasteiger charge is 2.33. The van der Waals surface area contributed by atoms with Crippen LogP contribution in [0.1, 0.15) is 34.8 Å². The lowest BCUT2D eigenvalue weighted by atomic mass is 10.3. The molecule has 21 heavy (non-hydrogen) atoms. The average Bonchev–Trinajstić information content (AvgIpc) is 3.24. The standard InChI is InChI=1S/C14H20N2O4S/c1-19-7-3-6-16(13(17)10-4-5-10)8-12-15-11(9-21-12)14(18)20-2/h9-10H,3-8H2,1-2H3. The Bertz CT molecular complexity index is 499. The van der Waals surface area contributed by atoms with Crippen LogP contribution in [-0.2, 0) is 20.8 Å². The van der Waals surface area contributed by atoms with Crippen molar-refractivity contribution in [2.75, 3.05) is 27.4 Å². The number of esters is 1. The van der Waals surface area contributed by atoms with Gasteiger partial charge in [-0.25, -0.2) is 9.78 Å². The number of methoxy groups -OCH3 is 2. The first-order valence-corrected chi connectivity index (χ1v) is 7.84. The number of carbonyl (C=O) groups is 2. The predicted molar refractivity (Wildman–Crippen MR) is 78.1 cm³/mol. The molecule has 6 nitrogen and oxygen atoms in total. The SMILES string of the molecule is COCCCN(Cc1nc(C(=O)OC)cs1)C(=O)C1CC1. The summed E-state index contributed by atoms with van der Waals surface area (Å²) in [6, 6.07) is 0. The smallest absolute Gasteiger partial charge is 0.357 e. The van der Waals surface area contributed by atoms with E-state index in [2.05, 4.69) is 9.72 Å². The Morgan fingerprint density at radius 3 is 2.81 bits per heavy atom. The van der Waals surface area contributed by atoms with Crippen LogP contribution in [-0.4, -0.2) is 49.1 Å². The Morgan fingerprint density at radius 1 is 1.43 bits per heavy atom. The number of nitrogens with zero attached hydrogens (tertiary/aromatic N) is 2. The monoisotopic (exact) mass is 312 g/mol. The minimum absolute atomic E-state index is 0.174. The first-order chi connectivity index (χ1) is 10.2. The highest BCUT2D eigenvalue weighted by molar-refractivity contribution is 7.09. The zero-order chi connectivity index (χ0) is 15.2. The molecule has 7 heteroatoms. The van der Waals surface area contributed by atoms with E-state index in [1.807, 2.05) is 4.90 Å². The molecule has 1 fully saturated rings. The number of ether oxygens (including phenoxy) is 2. The fraction of sp³-hybridized carbons (Fsp3) is 0.643. The number of aromatic nitrogens is 1. The highest BCUT2D eigenvalue weighted by atomic mass is 32.1. The maximum Gasteiger partial charge on any atom is 0.357 e. The molecule has 0 aliphatic heterocycles. The molecule has 1 aromatic rings. The number of thiazole rings is 1. The normalized spacial score (nSPS) is 14.0. The molecule has 0 N–H and O–H groups in total. The summed E-state index contributed by atoms with van der Waals surface area (Å²) in [5.41, 5.74) is 0.299. The van der Waals surface area contributed by atoms with E-state index in [0.717, 1.165) is 24.3 Å². The predicted octanol–water partition coefficient (Wildman–Crippen LogP) is 1.70. The quantitative estimate of drug-likeness (QED) is 0.540. The van der Waals surface area contributed by atoms with E-state index < -0.39 is 5.97 Å². The van der Waals surface area contributed by atoms with Crippen molar-refractivity contribution < 1.29 is 19.1 Å². The van der Waals surface area contributed by atoms with Crippen molar-refractivity contribution in [3.05, 3.63) is 16.1 Å². The van der Waals surface area contributed by atoms with Gasteiger partial charge in [-0.1, -0.05) is 0 Å². The first kappa shape index (κ1) is 15.9. The lowest BCUT2D eigenvalue weighted by Gasteiger charge is -2.21. The van der Waals surface area contributed by atoms with Gasteiger partial charge >= 0.3 is 5.97 Å². The molecule has 1 aromatic heterocycles. The molecule has 1 aliphatic rings.